The smallest absolute Gasteiger partial charge is 0.347 e. The fourth-order valence-electron chi connectivity index (χ4n) is 2.43. The Morgan fingerprint density at radius 1 is 1.37 bits per heavy atom. The lowest BCUT2D eigenvalue weighted by molar-refractivity contribution is 0.0700. The van der Waals surface area contributed by atoms with Crippen LogP contribution in [0.1, 0.15) is 39.1 Å². The number of carboxylic acid groups (broad SMARTS) is 1. The van der Waals surface area contributed by atoms with Crippen molar-refractivity contribution in [2.24, 2.45) is 0 Å². The van der Waals surface area contributed by atoms with Crippen LogP contribution < -0.4 is 0 Å². The van der Waals surface area contributed by atoms with Crippen molar-refractivity contribution in [2.75, 3.05) is 33.2 Å². The summed E-state index contributed by atoms with van der Waals surface area (Å²) in [5.41, 5.74) is 0.835. The van der Waals surface area contributed by atoms with Crippen molar-refractivity contribution < 1.29 is 9.90 Å². The first kappa shape index (κ1) is 13.0. The van der Waals surface area contributed by atoms with Crippen molar-refractivity contribution in [3.63, 3.8) is 0 Å². The molecule has 6 heteroatoms. The van der Waals surface area contributed by atoms with E-state index in [1.54, 1.807) is 0 Å². The molecule has 0 spiro atoms. The van der Waals surface area contributed by atoms with Crippen LogP contribution in [0, 0.1) is 0 Å². The molecule has 0 atom stereocenters. The summed E-state index contributed by atoms with van der Waals surface area (Å²) in [5, 5.41) is 10.2. The molecule has 1 saturated heterocycles. The van der Waals surface area contributed by atoms with Crippen molar-refractivity contribution >= 4 is 17.3 Å². The molecular formula is C13H19N3O2S. The minimum absolute atomic E-state index is 0.406. The summed E-state index contributed by atoms with van der Waals surface area (Å²) in [6.45, 7) is 5.03. The summed E-state index contributed by atoms with van der Waals surface area (Å²) in [7, 11) is 2.13. The maximum atomic E-state index is 11.3. The molecule has 0 aromatic carbocycles. The SMILES string of the molecule is CN1CCN(Cc2nc(C3CC3)c(C(=O)O)s2)CC1. The van der Waals surface area contributed by atoms with Gasteiger partial charge in [0.25, 0.3) is 0 Å². The molecule has 1 saturated carbocycles. The van der Waals surface area contributed by atoms with E-state index in [4.69, 9.17) is 0 Å². The Morgan fingerprint density at radius 3 is 2.63 bits per heavy atom. The van der Waals surface area contributed by atoms with E-state index >= 15 is 0 Å². The number of carbonyl (C=O) groups is 1. The maximum Gasteiger partial charge on any atom is 0.347 e. The first-order chi connectivity index (χ1) is 9.13. The normalized spacial score (nSPS) is 21.7. The minimum atomic E-state index is -0.816. The van der Waals surface area contributed by atoms with Crippen LogP contribution in [0.3, 0.4) is 0 Å². The summed E-state index contributed by atoms with van der Waals surface area (Å²) in [6, 6.07) is 0. The van der Waals surface area contributed by atoms with Gasteiger partial charge in [-0.1, -0.05) is 0 Å². The zero-order valence-corrected chi connectivity index (χ0v) is 11.9. The van der Waals surface area contributed by atoms with Gasteiger partial charge in [0.05, 0.1) is 12.2 Å². The van der Waals surface area contributed by atoms with E-state index < -0.39 is 5.97 Å². The predicted molar refractivity (Wildman–Crippen MR) is 73.8 cm³/mol. The third-order valence-electron chi connectivity index (χ3n) is 3.81. The number of rotatable bonds is 4. The second-order valence-corrected chi connectivity index (χ2v) is 6.56. The second-order valence-electron chi connectivity index (χ2n) is 5.48. The molecule has 0 unspecified atom stereocenters. The number of hydrogen-bond acceptors (Lipinski definition) is 5. The zero-order valence-electron chi connectivity index (χ0n) is 11.1. The molecule has 0 amide bonds. The average Bonchev–Trinajstić information content (AvgIpc) is 3.13. The quantitative estimate of drug-likeness (QED) is 0.905. The Bertz CT molecular complexity index is 476. The zero-order chi connectivity index (χ0) is 13.4. The third-order valence-corrected chi connectivity index (χ3v) is 4.85. The molecule has 0 bridgehead atoms. The molecule has 0 radical (unpaired) electrons. The molecule has 104 valence electrons. The lowest BCUT2D eigenvalue weighted by Gasteiger charge is -2.31. The van der Waals surface area contributed by atoms with Crippen molar-refractivity contribution in [2.45, 2.75) is 25.3 Å². The first-order valence-corrected chi connectivity index (χ1v) is 7.59. The van der Waals surface area contributed by atoms with Gasteiger partial charge < -0.3 is 10.0 Å². The Labute approximate surface area is 116 Å². The van der Waals surface area contributed by atoms with Crippen LogP contribution in [-0.4, -0.2) is 59.1 Å². The van der Waals surface area contributed by atoms with E-state index in [1.807, 2.05) is 0 Å². The van der Waals surface area contributed by atoms with Gasteiger partial charge in [0.1, 0.15) is 9.88 Å². The van der Waals surface area contributed by atoms with Gasteiger partial charge in [-0.3, -0.25) is 4.90 Å². The summed E-state index contributed by atoms with van der Waals surface area (Å²) in [5.74, 6) is -0.410. The Morgan fingerprint density at radius 2 is 2.05 bits per heavy atom. The summed E-state index contributed by atoms with van der Waals surface area (Å²) in [4.78, 5) is 21.0. The highest BCUT2D eigenvalue weighted by Crippen LogP contribution is 2.42. The number of nitrogens with zero attached hydrogens (tertiary/aromatic N) is 3. The molecule has 19 heavy (non-hydrogen) atoms. The molecule has 1 aliphatic heterocycles. The predicted octanol–water partition coefficient (Wildman–Crippen LogP) is 1.47. The second kappa shape index (κ2) is 5.19. The van der Waals surface area contributed by atoms with E-state index in [9.17, 15) is 9.90 Å². The largest absolute Gasteiger partial charge is 0.477 e. The first-order valence-electron chi connectivity index (χ1n) is 6.77. The van der Waals surface area contributed by atoms with Gasteiger partial charge in [0, 0.05) is 32.1 Å². The number of aromatic carboxylic acids is 1. The highest BCUT2D eigenvalue weighted by molar-refractivity contribution is 7.13. The molecule has 1 aromatic rings. The number of aromatic nitrogens is 1. The number of carboxylic acids is 1. The van der Waals surface area contributed by atoms with Gasteiger partial charge in [0.15, 0.2) is 0 Å². The molecule has 2 heterocycles. The van der Waals surface area contributed by atoms with Crippen molar-refractivity contribution in [1.29, 1.82) is 0 Å². The van der Waals surface area contributed by atoms with E-state index in [0.29, 0.717) is 10.8 Å². The van der Waals surface area contributed by atoms with E-state index in [0.717, 1.165) is 56.3 Å². The fraction of sp³-hybridized carbons (Fsp3) is 0.692. The number of likely N-dealkylation sites (N-methyl/N-ethyl adjacent to an activating group) is 1. The van der Waals surface area contributed by atoms with Crippen LogP contribution in [0.5, 0.6) is 0 Å². The van der Waals surface area contributed by atoms with Gasteiger partial charge in [0.2, 0.25) is 0 Å². The van der Waals surface area contributed by atoms with Gasteiger partial charge in [-0.15, -0.1) is 11.3 Å². The highest BCUT2D eigenvalue weighted by Gasteiger charge is 2.32. The van der Waals surface area contributed by atoms with Gasteiger partial charge in [-0.2, -0.15) is 0 Å². The third kappa shape index (κ3) is 2.96. The molecule has 1 aliphatic carbocycles. The van der Waals surface area contributed by atoms with Gasteiger partial charge in [-0.05, 0) is 19.9 Å². The Kier molecular flexibility index (Phi) is 3.56. The van der Waals surface area contributed by atoms with Crippen LogP contribution in [0.25, 0.3) is 0 Å². The fourth-order valence-corrected chi connectivity index (χ4v) is 3.46. The monoisotopic (exact) mass is 281 g/mol. The van der Waals surface area contributed by atoms with Crippen LogP contribution in [0.15, 0.2) is 0 Å². The topological polar surface area (TPSA) is 56.7 Å². The lowest BCUT2D eigenvalue weighted by Crippen LogP contribution is -2.43. The van der Waals surface area contributed by atoms with Crippen LogP contribution in [0.4, 0.5) is 0 Å². The maximum absolute atomic E-state index is 11.3. The molecule has 5 nitrogen and oxygen atoms in total. The van der Waals surface area contributed by atoms with Crippen molar-refractivity contribution in [1.82, 2.24) is 14.8 Å². The highest BCUT2D eigenvalue weighted by atomic mass is 32.1. The summed E-state index contributed by atoms with van der Waals surface area (Å²) in [6.07, 6.45) is 2.19. The molecular weight excluding hydrogens is 262 g/mol. The lowest BCUT2D eigenvalue weighted by atomic mass is 10.2. The molecule has 2 fully saturated rings. The number of thiazole rings is 1. The minimum Gasteiger partial charge on any atom is -0.477 e. The van der Waals surface area contributed by atoms with E-state index in [2.05, 4.69) is 21.8 Å². The van der Waals surface area contributed by atoms with Crippen molar-refractivity contribution in [3.05, 3.63) is 15.6 Å². The van der Waals surface area contributed by atoms with Crippen LogP contribution in [0.2, 0.25) is 0 Å². The molecule has 2 aliphatic rings. The van der Waals surface area contributed by atoms with Crippen LogP contribution in [-0.2, 0) is 6.54 Å². The number of hydrogen-bond donors (Lipinski definition) is 1. The summed E-state index contributed by atoms with van der Waals surface area (Å²) < 4.78 is 0. The molecule has 3 rings (SSSR count). The van der Waals surface area contributed by atoms with Gasteiger partial charge in [-0.25, -0.2) is 9.78 Å². The Balaban J connectivity index is 1.70. The standard InChI is InChI=1S/C13H19N3O2S/c1-15-4-6-16(7-5-15)8-10-14-11(9-2-3-9)12(19-10)13(17)18/h9H,2-8H2,1H3,(H,17,18). The number of piperazine rings is 1. The Hall–Kier alpha value is -0.980. The van der Waals surface area contributed by atoms with E-state index in [-0.39, 0.29) is 0 Å². The molecule has 1 aromatic heterocycles. The average molecular weight is 281 g/mol. The van der Waals surface area contributed by atoms with Crippen LogP contribution >= 0.6 is 11.3 Å². The van der Waals surface area contributed by atoms with Crippen molar-refractivity contribution in [3.8, 4) is 0 Å². The summed E-state index contributed by atoms with van der Waals surface area (Å²) >= 11 is 1.36. The molecule has 1 N–H and O–H groups in total. The van der Waals surface area contributed by atoms with Gasteiger partial charge >= 0.3 is 5.97 Å². The van der Waals surface area contributed by atoms with E-state index in [1.165, 1.54) is 11.3 Å².